The molecule has 2 aromatic carbocycles. The van der Waals surface area contributed by atoms with Crippen LogP contribution in [0.2, 0.25) is 0 Å². The second kappa shape index (κ2) is 5.21. The van der Waals surface area contributed by atoms with Crippen molar-refractivity contribution >= 4 is 15.9 Å². The molecule has 0 fully saturated rings. The summed E-state index contributed by atoms with van der Waals surface area (Å²) in [5, 5.41) is 0. The Morgan fingerprint density at radius 2 is 1.83 bits per heavy atom. The van der Waals surface area contributed by atoms with Gasteiger partial charge in [-0.1, -0.05) is 29.8 Å². The molecule has 18 heavy (non-hydrogen) atoms. The van der Waals surface area contributed by atoms with Gasteiger partial charge in [0.25, 0.3) is 0 Å². The summed E-state index contributed by atoms with van der Waals surface area (Å²) in [4.78, 5) is 0. The smallest absolute Gasteiger partial charge is 0.137 e. The molecule has 0 aliphatic carbocycles. The number of hydrogen-bond donors (Lipinski definition) is 1. The lowest BCUT2D eigenvalue weighted by Gasteiger charge is -2.16. The van der Waals surface area contributed by atoms with Gasteiger partial charge in [-0.15, -0.1) is 0 Å². The second-order valence-corrected chi connectivity index (χ2v) is 5.37. The maximum atomic E-state index is 13.2. The summed E-state index contributed by atoms with van der Waals surface area (Å²) in [6, 6.07) is 10.9. The molecule has 0 saturated heterocycles. The van der Waals surface area contributed by atoms with Crippen molar-refractivity contribution in [2.45, 2.75) is 19.9 Å². The van der Waals surface area contributed by atoms with Gasteiger partial charge in [0.15, 0.2) is 0 Å². The summed E-state index contributed by atoms with van der Waals surface area (Å²) in [6.45, 7) is 4.07. The van der Waals surface area contributed by atoms with Crippen molar-refractivity contribution in [3.63, 3.8) is 0 Å². The van der Waals surface area contributed by atoms with Gasteiger partial charge in [-0.2, -0.15) is 0 Å². The Bertz CT molecular complexity index is 581. The first kappa shape index (κ1) is 13.2. The van der Waals surface area contributed by atoms with Gasteiger partial charge in [0.2, 0.25) is 0 Å². The molecule has 2 N–H and O–H groups in total. The first-order valence-electron chi connectivity index (χ1n) is 5.76. The molecule has 1 atom stereocenters. The average molecular weight is 308 g/mol. The van der Waals surface area contributed by atoms with E-state index in [0.717, 1.165) is 16.7 Å². The maximum absolute atomic E-state index is 13.2. The molecule has 1 nitrogen and oxygen atoms in total. The van der Waals surface area contributed by atoms with E-state index in [1.807, 2.05) is 13.8 Å². The standard InChI is InChI=1S/C15H15BrFN/c1-9-3-4-10(2)12(7-9)15(18)11-5-6-14(17)13(16)8-11/h3-8,15H,18H2,1-2H3. The van der Waals surface area contributed by atoms with E-state index < -0.39 is 0 Å². The van der Waals surface area contributed by atoms with Gasteiger partial charge in [-0.25, -0.2) is 4.39 Å². The van der Waals surface area contributed by atoms with Gasteiger partial charge in [-0.3, -0.25) is 0 Å². The van der Waals surface area contributed by atoms with Crippen LogP contribution in [0.4, 0.5) is 4.39 Å². The number of nitrogens with two attached hydrogens (primary N) is 1. The first-order chi connectivity index (χ1) is 8.49. The molecule has 3 heteroatoms. The van der Waals surface area contributed by atoms with Crippen molar-refractivity contribution in [3.8, 4) is 0 Å². The lowest BCUT2D eigenvalue weighted by atomic mass is 9.94. The molecular weight excluding hydrogens is 293 g/mol. The fourth-order valence-electron chi connectivity index (χ4n) is 1.98. The fourth-order valence-corrected chi connectivity index (χ4v) is 2.38. The minimum absolute atomic E-state index is 0.234. The molecule has 0 saturated carbocycles. The Labute approximate surface area is 115 Å². The van der Waals surface area contributed by atoms with Crippen LogP contribution >= 0.6 is 15.9 Å². The summed E-state index contributed by atoms with van der Waals surface area (Å²) in [6.07, 6.45) is 0. The number of benzene rings is 2. The van der Waals surface area contributed by atoms with Crippen molar-refractivity contribution in [1.29, 1.82) is 0 Å². The summed E-state index contributed by atoms with van der Waals surface area (Å²) in [7, 11) is 0. The van der Waals surface area contributed by atoms with E-state index >= 15 is 0 Å². The predicted molar refractivity (Wildman–Crippen MR) is 76.0 cm³/mol. The van der Waals surface area contributed by atoms with E-state index in [9.17, 15) is 4.39 Å². The fraction of sp³-hybridized carbons (Fsp3) is 0.200. The quantitative estimate of drug-likeness (QED) is 0.881. The Hall–Kier alpha value is -1.19. The predicted octanol–water partition coefficient (Wildman–Crippen LogP) is 4.25. The molecule has 0 aliphatic heterocycles. The molecule has 0 radical (unpaired) electrons. The lowest BCUT2D eigenvalue weighted by Crippen LogP contribution is -2.13. The Morgan fingerprint density at radius 3 is 2.50 bits per heavy atom. The third-order valence-electron chi connectivity index (χ3n) is 3.07. The maximum Gasteiger partial charge on any atom is 0.137 e. The van der Waals surface area contributed by atoms with Crippen LogP contribution in [0.25, 0.3) is 0 Å². The van der Waals surface area contributed by atoms with Gasteiger partial charge in [0, 0.05) is 0 Å². The van der Waals surface area contributed by atoms with Crippen molar-refractivity contribution < 1.29 is 4.39 Å². The third-order valence-corrected chi connectivity index (χ3v) is 3.68. The minimum atomic E-state index is -0.271. The molecule has 0 spiro atoms. The second-order valence-electron chi connectivity index (χ2n) is 4.51. The molecule has 1 unspecified atom stereocenters. The zero-order valence-corrected chi connectivity index (χ0v) is 12.0. The van der Waals surface area contributed by atoms with Crippen LogP contribution in [0, 0.1) is 19.7 Å². The van der Waals surface area contributed by atoms with Gasteiger partial charge >= 0.3 is 0 Å². The normalized spacial score (nSPS) is 12.5. The summed E-state index contributed by atoms with van der Waals surface area (Å²) in [5.41, 5.74) is 10.6. The molecule has 2 aromatic rings. The van der Waals surface area contributed by atoms with E-state index in [1.165, 1.54) is 11.6 Å². The van der Waals surface area contributed by atoms with Crippen LogP contribution < -0.4 is 5.73 Å². The highest BCUT2D eigenvalue weighted by Crippen LogP contribution is 2.26. The van der Waals surface area contributed by atoms with Crippen LogP contribution in [0.3, 0.4) is 0 Å². The van der Waals surface area contributed by atoms with Crippen LogP contribution in [0.5, 0.6) is 0 Å². The zero-order chi connectivity index (χ0) is 13.3. The Morgan fingerprint density at radius 1 is 1.11 bits per heavy atom. The first-order valence-corrected chi connectivity index (χ1v) is 6.56. The van der Waals surface area contributed by atoms with E-state index in [1.54, 1.807) is 12.1 Å². The van der Waals surface area contributed by atoms with Crippen molar-refractivity contribution in [1.82, 2.24) is 0 Å². The number of halogens is 2. The van der Waals surface area contributed by atoms with Gasteiger partial charge in [-0.05, 0) is 58.6 Å². The van der Waals surface area contributed by atoms with Crippen LogP contribution in [0.1, 0.15) is 28.3 Å². The minimum Gasteiger partial charge on any atom is -0.320 e. The molecule has 0 heterocycles. The number of aryl methyl sites for hydroxylation is 2. The summed E-state index contributed by atoms with van der Waals surface area (Å²) >= 11 is 3.19. The molecule has 0 bridgehead atoms. The van der Waals surface area contributed by atoms with E-state index in [-0.39, 0.29) is 11.9 Å². The van der Waals surface area contributed by atoms with Gasteiger partial charge in [0.1, 0.15) is 5.82 Å². The summed E-state index contributed by atoms with van der Waals surface area (Å²) < 4.78 is 13.7. The Kier molecular flexibility index (Phi) is 3.83. The highest BCUT2D eigenvalue weighted by Gasteiger charge is 2.13. The average Bonchev–Trinajstić information content (AvgIpc) is 2.35. The molecule has 2 rings (SSSR count). The monoisotopic (exact) mass is 307 g/mol. The number of hydrogen-bond acceptors (Lipinski definition) is 1. The molecule has 0 aromatic heterocycles. The highest BCUT2D eigenvalue weighted by atomic mass is 79.9. The van der Waals surface area contributed by atoms with Crippen molar-refractivity contribution in [3.05, 3.63) is 68.9 Å². The summed E-state index contributed by atoms with van der Waals surface area (Å²) in [5.74, 6) is -0.271. The number of rotatable bonds is 2. The van der Waals surface area contributed by atoms with E-state index in [0.29, 0.717) is 4.47 Å². The molecular formula is C15H15BrFN. The molecule has 0 amide bonds. The van der Waals surface area contributed by atoms with Crippen LogP contribution in [-0.2, 0) is 0 Å². The van der Waals surface area contributed by atoms with Crippen molar-refractivity contribution in [2.75, 3.05) is 0 Å². The third kappa shape index (κ3) is 2.62. The van der Waals surface area contributed by atoms with E-state index in [2.05, 4.69) is 34.1 Å². The zero-order valence-electron chi connectivity index (χ0n) is 10.4. The van der Waals surface area contributed by atoms with E-state index in [4.69, 9.17) is 5.73 Å². The van der Waals surface area contributed by atoms with Crippen LogP contribution in [0.15, 0.2) is 40.9 Å². The molecule has 0 aliphatic rings. The SMILES string of the molecule is Cc1ccc(C)c(C(N)c2ccc(F)c(Br)c2)c1. The van der Waals surface area contributed by atoms with Crippen molar-refractivity contribution in [2.24, 2.45) is 5.73 Å². The van der Waals surface area contributed by atoms with Crippen LogP contribution in [-0.4, -0.2) is 0 Å². The van der Waals surface area contributed by atoms with Gasteiger partial charge in [0.05, 0.1) is 10.5 Å². The Balaban J connectivity index is 2.44. The topological polar surface area (TPSA) is 26.0 Å². The highest BCUT2D eigenvalue weighted by molar-refractivity contribution is 9.10. The lowest BCUT2D eigenvalue weighted by molar-refractivity contribution is 0.619. The molecule has 94 valence electrons. The van der Waals surface area contributed by atoms with Gasteiger partial charge < -0.3 is 5.73 Å². The largest absolute Gasteiger partial charge is 0.320 e.